The smallest absolute Gasteiger partial charge is 0.291 e. The van der Waals surface area contributed by atoms with Crippen LogP contribution in [0.2, 0.25) is 0 Å². The van der Waals surface area contributed by atoms with Crippen molar-refractivity contribution < 1.29 is 40.8 Å². The van der Waals surface area contributed by atoms with E-state index in [-0.39, 0.29) is 40.9 Å². The highest BCUT2D eigenvalue weighted by Gasteiger charge is 2.27. The minimum Gasteiger partial charge on any atom is -0.486 e. The third-order valence-corrected chi connectivity index (χ3v) is 5.54. The number of anilines is 1. The van der Waals surface area contributed by atoms with Gasteiger partial charge in [-0.2, -0.15) is 5.10 Å². The van der Waals surface area contributed by atoms with Gasteiger partial charge in [-0.05, 0) is 38.1 Å². The average Bonchev–Trinajstić information content (AvgIpc) is 3.48. The number of non-ortho nitro benzene ring substituents is 1. The first-order valence-electron chi connectivity index (χ1n) is 10.8. The molecule has 0 aliphatic rings. The monoisotopic (exact) mass is 536 g/mol. The number of carbonyl (C=O) groups excluding carboxylic acids is 1. The van der Waals surface area contributed by atoms with Gasteiger partial charge in [-0.25, -0.2) is 22.0 Å². The minimum absolute atomic E-state index is 0.0804. The number of amides is 1. The largest absolute Gasteiger partial charge is 0.486 e. The van der Waals surface area contributed by atoms with Gasteiger partial charge < -0.3 is 14.5 Å². The zero-order valence-corrected chi connectivity index (χ0v) is 19.7. The maximum Gasteiger partial charge on any atom is 0.291 e. The number of halogens is 5. The van der Waals surface area contributed by atoms with Crippen LogP contribution in [0.1, 0.15) is 33.3 Å². The maximum atomic E-state index is 14.1. The number of nitrogens with one attached hydrogen (secondary N) is 1. The van der Waals surface area contributed by atoms with Crippen molar-refractivity contribution in [3.8, 4) is 5.75 Å². The third-order valence-electron chi connectivity index (χ3n) is 5.54. The lowest BCUT2D eigenvalue weighted by Gasteiger charge is -2.10. The number of hydrogen-bond donors (Lipinski definition) is 1. The van der Waals surface area contributed by atoms with E-state index in [9.17, 15) is 36.9 Å². The van der Waals surface area contributed by atoms with Gasteiger partial charge in [0.05, 0.1) is 34.1 Å². The van der Waals surface area contributed by atoms with Gasteiger partial charge in [-0.1, -0.05) is 0 Å². The molecule has 4 aromatic rings. The van der Waals surface area contributed by atoms with Crippen LogP contribution >= 0.6 is 0 Å². The summed E-state index contributed by atoms with van der Waals surface area (Å²) in [6.07, 6.45) is 0. The van der Waals surface area contributed by atoms with Crippen LogP contribution in [-0.2, 0) is 13.2 Å². The average molecular weight is 536 g/mol. The number of nitro groups is 1. The first-order chi connectivity index (χ1) is 18.0. The van der Waals surface area contributed by atoms with Crippen LogP contribution in [0.4, 0.5) is 33.3 Å². The number of carbonyl (C=O) groups is 1. The van der Waals surface area contributed by atoms with Crippen molar-refractivity contribution in [2.24, 2.45) is 0 Å². The van der Waals surface area contributed by atoms with Gasteiger partial charge in [0, 0.05) is 12.1 Å². The number of benzene rings is 2. The lowest BCUT2D eigenvalue weighted by Crippen LogP contribution is -2.14. The van der Waals surface area contributed by atoms with E-state index in [2.05, 4.69) is 10.4 Å². The molecule has 0 bridgehead atoms. The van der Waals surface area contributed by atoms with Crippen LogP contribution in [-0.4, -0.2) is 20.6 Å². The number of rotatable bonds is 8. The Bertz CT molecular complexity index is 1520. The molecule has 2 heterocycles. The summed E-state index contributed by atoms with van der Waals surface area (Å²) in [5.41, 5.74) is -0.621. The van der Waals surface area contributed by atoms with Gasteiger partial charge in [0.15, 0.2) is 29.0 Å². The molecule has 2 aromatic heterocycles. The molecule has 0 saturated heterocycles. The molecule has 14 heteroatoms. The highest BCUT2D eigenvalue weighted by molar-refractivity contribution is 6.02. The highest BCUT2D eigenvalue weighted by atomic mass is 19.2. The Morgan fingerprint density at radius 1 is 1.00 bits per heavy atom. The molecular weight excluding hydrogens is 519 g/mol. The molecule has 1 amide bonds. The van der Waals surface area contributed by atoms with Crippen molar-refractivity contribution in [1.29, 1.82) is 0 Å². The van der Waals surface area contributed by atoms with Crippen LogP contribution in [0.5, 0.6) is 5.75 Å². The molecular formula is C24H17F5N4O5. The van der Waals surface area contributed by atoms with E-state index in [0.717, 1.165) is 4.68 Å². The number of nitro benzene ring substituents is 1. The Morgan fingerprint density at radius 2 is 1.61 bits per heavy atom. The Balaban J connectivity index is 1.46. The summed E-state index contributed by atoms with van der Waals surface area (Å²) in [6, 6.07) is 8.20. The van der Waals surface area contributed by atoms with E-state index in [1.165, 1.54) is 50.2 Å². The second kappa shape index (κ2) is 10.3. The number of furan rings is 1. The Kier molecular flexibility index (Phi) is 7.15. The van der Waals surface area contributed by atoms with Crippen molar-refractivity contribution >= 4 is 17.3 Å². The molecule has 0 aliphatic carbocycles. The van der Waals surface area contributed by atoms with Gasteiger partial charge in [-0.15, -0.1) is 0 Å². The number of nitrogens with zero attached hydrogens (tertiary/aromatic N) is 3. The normalized spacial score (nSPS) is 11.0. The van der Waals surface area contributed by atoms with Crippen LogP contribution in [0, 0.1) is 53.0 Å². The Morgan fingerprint density at radius 3 is 2.21 bits per heavy atom. The summed E-state index contributed by atoms with van der Waals surface area (Å²) < 4.78 is 80.6. The highest BCUT2D eigenvalue weighted by Crippen LogP contribution is 2.27. The predicted molar refractivity (Wildman–Crippen MR) is 121 cm³/mol. The van der Waals surface area contributed by atoms with Crippen molar-refractivity contribution in [2.75, 3.05) is 5.32 Å². The molecule has 0 atom stereocenters. The van der Waals surface area contributed by atoms with Gasteiger partial charge in [0.1, 0.15) is 18.1 Å². The standard InChI is InChI=1S/C24H17F5N4O5/c1-11-23(12(2)32(31-11)9-16-18(25)20(27)22(29)21(28)19(16)26)30-24(34)17-8-7-15(38-17)10-37-14-5-3-13(4-6-14)33(35)36/h3-8H,9-10H2,1-2H3,(H,30,34). The maximum absolute atomic E-state index is 14.1. The van der Waals surface area contributed by atoms with Gasteiger partial charge in [0.2, 0.25) is 5.82 Å². The van der Waals surface area contributed by atoms with E-state index in [1.54, 1.807) is 0 Å². The molecule has 0 fully saturated rings. The van der Waals surface area contributed by atoms with E-state index in [4.69, 9.17) is 9.15 Å². The molecule has 0 saturated carbocycles. The fourth-order valence-corrected chi connectivity index (χ4v) is 3.54. The van der Waals surface area contributed by atoms with Crippen molar-refractivity contribution in [3.63, 3.8) is 0 Å². The van der Waals surface area contributed by atoms with Crippen molar-refractivity contribution in [2.45, 2.75) is 27.0 Å². The second-order valence-corrected chi connectivity index (χ2v) is 8.01. The van der Waals surface area contributed by atoms with E-state index >= 15 is 0 Å². The molecule has 9 nitrogen and oxygen atoms in total. The molecule has 2 aromatic carbocycles. The SMILES string of the molecule is Cc1nn(Cc2c(F)c(F)c(F)c(F)c2F)c(C)c1NC(=O)c1ccc(COc2ccc([N+](=O)[O-])cc2)o1. The number of aryl methyl sites for hydroxylation is 1. The molecule has 0 unspecified atom stereocenters. The molecule has 198 valence electrons. The van der Waals surface area contributed by atoms with E-state index in [0.29, 0.717) is 5.75 Å². The molecule has 0 aliphatic heterocycles. The fourth-order valence-electron chi connectivity index (χ4n) is 3.54. The summed E-state index contributed by atoms with van der Waals surface area (Å²) >= 11 is 0. The quantitative estimate of drug-likeness (QED) is 0.104. The van der Waals surface area contributed by atoms with Crippen LogP contribution < -0.4 is 10.1 Å². The summed E-state index contributed by atoms with van der Waals surface area (Å²) in [4.78, 5) is 22.9. The predicted octanol–water partition coefficient (Wildman–Crippen LogP) is 5.58. The molecule has 38 heavy (non-hydrogen) atoms. The number of hydrogen-bond acceptors (Lipinski definition) is 6. The van der Waals surface area contributed by atoms with Crippen molar-refractivity contribution in [3.05, 3.63) is 104 Å². The fraction of sp³-hybridized carbons (Fsp3) is 0.167. The zero-order chi connectivity index (χ0) is 27.7. The summed E-state index contributed by atoms with van der Waals surface area (Å²) in [6.45, 7) is 2.05. The first-order valence-corrected chi connectivity index (χ1v) is 10.8. The van der Waals surface area contributed by atoms with Gasteiger partial charge >= 0.3 is 0 Å². The topological polar surface area (TPSA) is 112 Å². The lowest BCUT2D eigenvalue weighted by atomic mass is 10.1. The first kappa shape index (κ1) is 26.3. The van der Waals surface area contributed by atoms with Gasteiger partial charge in [-0.3, -0.25) is 19.6 Å². The molecule has 1 N–H and O–H groups in total. The summed E-state index contributed by atoms with van der Waals surface area (Å²) in [5.74, 6) is -10.6. The lowest BCUT2D eigenvalue weighted by molar-refractivity contribution is -0.384. The molecule has 0 radical (unpaired) electrons. The number of ether oxygens (including phenoxy) is 1. The van der Waals surface area contributed by atoms with Crippen LogP contribution in [0.3, 0.4) is 0 Å². The van der Waals surface area contributed by atoms with E-state index in [1.807, 2.05) is 0 Å². The van der Waals surface area contributed by atoms with Crippen molar-refractivity contribution in [1.82, 2.24) is 9.78 Å². The summed E-state index contributed by atoms with van der Waals surface area (Å²) in [5, 5.41) is 17.3. The Labute approximate surface area is 210 Å². The van der Waals surface area contributed by atoms with Crippen LogP contribution in [0.15, 0.2) is 40.8 Å². The van der Waals surface area contributed by atoms with E-state index < -0.39 is 52.0 Å². The van der Waals surface area contributed by atoms with Crippen LogP contribution in [0.25, 0.3) is 0 Å². The third kappa shape index (κ3) is 5.05. The second-order valence-electron chi connectivity index (χ2n) is 8.01. The molecule has 4 rings (SSSR count). The minimum atomic E-state index is -2.26. The number of aromatic nitrogens is 2. The zero-order valence-electron chi connectivity index (χ0n) is 19.7. The molecule has 0 spiro atoms. The van der Waals surface area contributed by atoms with Gasteiger partial charge in [0.25, 0.3) is 11.6 Å². The summed E-state index contributed by atoms with van der Waals surface area (Å²) in [7, 11) is 0. The Hall–Kier alpha value is -4.75.